The fourth-order valence-corrected chi connectivity index (χ4v) is 3.12. The van der Waals surface area contributed by atoms with E-state index in [-0.39, 0.29) is 5.82 Å². The van der Waals surface area contributed by atoms with Crippen LogP contribution in [0.15, 0.2) is 55.0 Å². The Morgan fingerprint density at radius 2 is 1.63 bits per heavy atom. The number of nitrogens with one attached hydrogen (secondary N) is 1. The number of hydrogen-bond acceptors (Lipinski definition) is 7. The van der Waals surface area contributed by atoms with Crippen molar-refractivity contribution in [1.29, 1.82) is 0 Å². The van der Waals surface area contributed by atoms with Gasteiger partial charge in [-0.25, -0.2) is 19.3 Å². The summed E-state index contributed by atoms with van der Waals surface area (Å²) in [4.78, 5) is 17.3. The molecule has 1 fully saturated rings. The second kappa shape index (κ2) is 7.45. The van der Waals surface area contributed by atoms with E-state index in [0.717, 1.165) is 32.0 Å². The van der Waals surface area contributed by atoms with Gasteiger partial charge in [0.25, 0.3) is 0 Å². The highest BCUT2D eigenvalue weighted by Gasteiger charge is 2.22. The zero-order valence-electron chi connectivity index (χ0n) is 14.7. The average molecular weight is 365 g/mol. The molecule has 1 aromatic carbocycles. The number of benzene rings is 1. The van der Waals surface area contributed by atoms with Crippen molar-refractivity contribution < 1.29 is 4.39 Å². The monoisotopic (exact) mass is 365 g/mol. The predicted molar refractivity (Wildman–Crippen MR) is 105 cm³/mol. The summed E-state index contributed by atoms with van der Waals surface area (Å²) in [6.45, 7) is 3.15. The number of hydrogen-bond donors (Lipinski definition) is 2. The van der Waals surface area contributed by atoms with Crippen LogP contribution < -0.4 is 20.9 Å². The quantitative estimate of drug-likeness (QED) is 0.735. The van der Waals surface area contributed by atoms with Gasteiger partial charge in [-0.3, -0.25) is 0 Å². The number of aromatic nitrogens is 3. The molecular weight excluding hydrogens is 345 g/mol. The predicted octanol–water partition coefficient (Wildman–Crippen LogP) is 2.66. The number of nitrogens with two attached hydrogens (primary N) is 1. The van der Waals surface area contributed by atoms with E-state index in [4.69, 9.17) is 5.73 Å². The van der Waals surface area contributed by atoms with Gasteiger partial charge < -0.3 is 20.9 Å². The molecule has 0 unspecified atom stereocenters. The summed E-state index contributed by atoms with van der Waals surface area (Å²) < 4.78 is 13.9. The second-order valence-electron chi connectivity index (χ2n) is 6.23. The van der Waals surface area contributed by atoms with Crippen LogP contribution in [0, 0.1) is 5.82 Å². The Labute approximate surface area is 156 Å². The van der Waals surface area contributed by atoms with Crippen molar-refractivity contribution in [3.05, 3.63) is 60.8 Å². The number of anilines is 5. The first-order valence-corrected chi connectivity index (χ1v) is 8.75. The fourth-order valence-electron chi connectivity index (χ4n) is 3.12. The molecule has 0 saturated carbocycles. The van der Waals surface area contributed by atoms with Crippen LogP contribution in [-0.4, -0.2) is 41.1 Å². The minimum Gasteiger partial charge on any atom is -0.393 e. The highest BCUT2D eigenvalue weighted by atomic mass is 19.1. The molecule has 0 spiro atoms. The first-order chi connectivity index (χ1) is 13.2. The lowest BCUT2D eigenvalue weighted by Crippen LogP contribution is -2.47. The smallest absolute Gasteiger partial charge is 0.159 e. The van der Waals surface area contributed by atoms with Gasteiger partial charge in [-0.2, -0.15) is 0 Å². The maximum Gasteiger partial charge on any atom is 0.159 e. The van der Waals surface area contributed by atoms with Crippen molar-refractivity contribution in [2.75, 3.05) is 47.0 Å². The number of piperazine rings is 1. The summed E-state index contributed by atoms with van der Waals surface area (Å²) in [5.74, 6) is 1.66. The molecule has 1 aliphatic rings. The van der Waals surface area contributed by atoms with E-state index in [1.807, 2.05) is 18.2 Å². The summed E-state index contributed by atoms with van der Waals surface area (Å²) in [7, 11) is 0. The Hall–Kier alpha value is -3.42. The van der Waals surface area contributed by atoms with E-state index in [1.165, 1.54) is 12.4 Å². The molecule has 138 valence electrons. The van der Waals surface area contributed by atoms with E-state index < -0.39 is 0 Å². The molecule has 3 N–H and O–H groups in total. The summed E-state index contributed by atoms with van der Waals surface area (Å²) >= 11 is 0. The van der Waals surface area contributed by atoms with Crippen molar-refractivity contribution in [1.82, 2.24) is 15.0 Å². The number of rotatable bonds is 4. The second-order valence-corrected chi connectivity index (χ2v) is 6.23. The molecule has 0 bridgehead atoms. The molecule has 1 aliphatic heterocycles. The Morgan fingerprint density at radius 1 is 0.889 bits per heavy atom. The minimum absolute atomic E-state index is 0.328. The molecule has 7 nitrogen and oxygen atoms in total. The molecule has 1 saturated heterocycles. The van der Waals surface area contributed by atoms with Gasteiger partial charge in [0.15, 0.2) is 11.6 Å². The van der Waals surface area contributed by atoms with Gasteiger partial charge in [-0.05, 0) is 24.3 Å². The molecule has 3 heterocycles. The highest BCUT2D eigenvalue weighted by Crippen LogP contribution is 2.30. The largest absolute Gasteiger partial charge is 0.393 e. The van der Waals surface area contributed by atoms with E-state index in [9.17, 15) is 4.39 Å². The van der Waals surface area contributed by atoms with Crippen molar-refractivity contribution in [3.63, 3.8) is 0 Å². The Bertz CT molecular complexity index is 911. The number of nitrogen functional groups attached to an aromatic ring is 1. The van der Waals surface area contributed by atoms with Crippen molar-refractivity contribution >= 4 is 28.8 Å². The maximum absolute atomic E-state index is 13.9. The number of nitrogens with zero attached hydrogens (tertiary/aromatic N) is 5. The summed E-state index contributed by atoms with van der Waals surface area (Å²) in [6.07, 6.45) is 3.24. The van der Waals surface area contributed by atoms with Gasteiger partial charge in [0.2, 0.25) is 0 Å². The lowest BCUT2D eigenvalue weighted by atomic mass is 10.2. The molecule has 2 aromatic heterocycles. The standard InChI is InChI=1S/C19H20FN7/c20-14-5-1-2-6-15(14)25-18-17(21)19(24-13-23-18)27-11-9-26(10-12-27)16-7-3-4-8-22-16/h1-8,13H,9-12,21H2,(H,23,24,25). The lowest BCUT2D eigenvalue weighted by Gasteiger charge is -2.36. The van der Waals surface area contributed by atoms with E-state index in [2.05, 4.69) is 30.1 Å². The van der Waals surface area contributed by atoms with Gasteiger partial charge in [0.1, 0.15) is 23.6 Å². The Kier molecular flexibility index (Phi) is 4.69. The zero-order valence-corrected chi connectivity index (χ0v) is 14.7. The van der Waals surface area contributed by atoms with Gasteiger partial charge in [0, 0.05) is 32.4 Å². The van der Waals surface area contributed by atoms with Crippen LogP contribution in [0.1, 0.15) is 0 Å². The zero-order chi connectivity index (χ0) is 18.6. The van der Waals surface area contributed by atoms with Crippen molar-refractivity contribution in [2.24, 2.45) is 0 Å². The molecule has 0 aliphatic carbocycles. The van der Waals surface area contributed by atoms with Crippen molar-refractivity contribution in [3.8, 4) is 0 Å². The van der Waals surface area contributed by atoms with E-state index in [1.54, 1.807) is 24.4 Å². The molecular formula is C19H20FN7. The summed E-state index contributed by atoms with van der Waals surface area (Å²) in [5, 5.41) is 2.96. The van der Waals surface area contributed by atoms with Crippen molar-refractivity contribution in [2.45, 2.75) is 0 Å². The van der Waals surface area contributed by atoms with E-state index in [0.29, 0.717) is 23.0 Å². The first kappa shape index (κ1) is 17.0. The third kappa shape index (κ3) is 3.59. The maximum atomic E-state index is 13.9. The normalized spacial score (nSPS) is 14.3. The molecule has 3 aromatic rings. The summed E-state index contributed by atoms with van der Waals surface area (Å²) in [6, 6.07) is 12.3. The van der Waals surface area contributed by atoms with E-state index >= 15 is 0 Å². The van der Waals surface area contributed by atoms with Gasteiger partial charge >= 0.3 is 0 Å². The topological polar surface area (TPSA) is 83.2 Å². The third-order valence-corrected chi connectivity index (χ3v) is 4.54. The van der Waals surface area contributed by atoms with Crippen LogP contribution in [0.3, 0.4) is 0 Å². The molecule has 0 radical (unpaired) electrons. The van der Waals surface area contributed by atoms with Crippen LogP contribution in [0.2, 0.25) is 0 Å². The lowest BCUT2D eigenvalue weighted by molar-refractivity contribution is 0.631. The van der Waals surface area contributed by atoms with Crippen LogP contribution in [-0.2, 0) is 0 Å². The fraction of sp³-hybridized carbons (Fsp3) is 0.211. The van der Waals surface area contributed by atoms with Crippen LogP contribution in [0.4, 0.5) is 33.2 Å². The Morgan fingerprint density at radius 3 is 2.37 bits per heavy atom. The molecule has 4 rings (SSSR count). The number of halogens is 1. The van der Waals surface area contributed by atoms with Gasteiger partial charge in [-0.1, -0.05) is 18.2 Å². The van der Waals surface area contributed by atoms with Crippen LogP contribution in [0.5, 0.6) is 0 Å². The molecule has 8 heteroatoms. The first-order valence-electron chi connectivity index (χ1n) is 8.75. The average Bonchev–Trinajstić information content (AvgIpc) is 2.72. The molecule has 0 amide bonds. The van der Waals surface area contributed by atoms with Gasteiger partial charge in [0.05, 0.1) is 5.69 Å². The summed E-state index contributed by atoms with van der Waals surface area (Å²) in [5.41, 5.74) is 7.02. The van der Waals surface area contributed by atoms with Crippen LogP contribution in [0.25, 0.3) is 0 Å². The van der Waals surface area contributed by atoms with Gasteiger partial charge in [-0.15, -0.1) is 0 Å². The highest BCUT2D eigenvalue weighted by molar-refractivity contribution is 5.78. The Balaban J connectivity index is 1.49. The number of para-hydroxylation sites is 1. The number of pyridine rings is 1. The SMILES string of the molecule is Nc1c(Nc2ccccc2F)ncnc1N1CCN(c2ccccn2)CC1. The molecule has 27 heavy (non-hydrogen) atoms. The molecule has 0 atom stereocenters. The van der Waals surface area contributed by atoms with Crippen LogP contribution >= 0.6 is 0 Å². The minimum atomic E-state index is -0.360. The third-order valence-electron chi connectivity index (χ3n) is 4.54.